The summed E-state index contributed by atoms with van der Waals surface area (Å²) in [5, 5.41) is 3.24. The average Bonchev–Trinajstić information content (AvgIpc) is 2.91. The highest BCUT2D eigenvalue weighted by molar-refractivity contribution is 5.78. The summed E-state index contributed by atoms with van der Waals surface area (Å²) >= 11 is 0. The smallest absolute Gasteiger partial charge is 0.314 e. The van der Waals surface area contributed by atoms with Crippen LogP contribution in [0.25, 0.3) is 11.0 Å². The second-order valence-electron chi connectivity index (χ2n) is 4.24. The molecule has 0 atom stereocenters. The van der Waals surface area contributed by atoms with Gasteiger partial charge in [0, 0.05) is 24.6 Å². The molecule has 19 heavy (non-hydrogen) atoms. The molecule has 2 heterocycles. The number of anilines is 1. The average molecular weight is 256 g/mol. The molecular weight excluding hydrogens is 244 g/mol. The minimum absolute atomic E-state index is 0.601. The van der Waals surface area contributed by atoms with Gasteiger partial charge in [-0.05, 0) is 29.8 Å². The Labute approximate surface area is 107 Å². The Morgan fingerprint density at radius 1 is 1.00 bits per heavy atom. The third-order valence-corrected chi connectivity index (χ3v) is 2.88. The zero-order valence-corrected chi connectivity index (χ0v) is 9.99. The van der Waals surface area contributed by atoms with Crippen LogP contribution in [0.4, 0.5) is 5.69 Å². The quantitative estimate of drug-likeness (QED) is 0.530. The van der Waals surface area contributed by atoms with Gasteiger partial charge in [-0.3, -0.25) is 9.59 Å². The first-order valence-corrected chi connectivity index (χ1v) is 5.84. The van der Waals surface area contributed by atoms with Crippen LogP contribution in [0.2, 0.25) is 0 Å². The fourth-order valence-corrected chi connectivity index (χ4v) is 1.90. The summed E-state index contributed by atoms with van der Waals surface area (Å²) in [4.78, 5) is 30.5. The van der Waals surface area contributed by atoms with E-state index in [1.54, 1.807) is 12.1 Å². The number of H-pyrrole nitrogens is 3. The van der Waals surface area contributed by atoms with Gasteiger partial charge in [0.15, 0.2) is 0 Å². The molecule has 2 aromatic heterocycles. The molecule has 0 fully saturated rings. The first kappa shape index (κ1) is 11.3. The van der Waals surface area contributed by atoms with Gasteiger partial charge in [-0.25, -0.2) is 0 Å². The summed E-state index contributed by atoms with van der Waals surface area (Å²) in [6.07, 6.45) is 3.77. The molecule has 0 amide bonds. The van der Waals surface area contributed by atoms with E-state index in [1.807, 2.05) is 24.5 Å². The predicted octanol–water partition coefficient (Wildman–Crippen LogP) is 1.16. The highest BCUT2D eigenvalue weighted by atomic mass is 16.2. The molecule has 0 saturated carbocycles. The maximum absolute atomic E-state index is 11.3. The van der Waals surface area contributed by atoms with Gasteiger partial charge >= 0.3 is 11.1 Å². The predicted molar refractivity (Wildman–Crippen MR) is 73.3 cm³/mol. The van der Waals surface area contributed by atoms with Crippen molar-refractivity contribution < 1.29 is 0 Å². The first-order chi connectivity index (χ1) is 9.22. The summed E-state index contributed by atoms with van der Waals surface area (Å²) in [6.45, 7) is 0.683. The van der Waals surface area contributed by atoms with Crippen molar-refractivity contribution in [2.75, 3.05) is 5.32 Å². The summed E-state index contributed by atoms with van der Waals surface area (Å²) in [5.74, 6) is 0. The lowest BCUT2D eigenvalue weighted by Gasteiger charge is -2.06. The van der Waals surface area contributed by atoms with Crippen LogP contribution >= 0.6 is 0 Å². The lowest BCUT2D eigenvalue weighted by molar-refractivity contribution is 1.13. The molecule has 0 aliphatic heterocycles. The first-order valence-electron chi connectivity index (χ1n) is 5.84. The fraction of sp³-hybridized carbons (Fsp3) is 0.0769. The molecule has 0 unspecified atom stereocenters. The van der Waals surface area contributed by atoms with Crippen molar-refractivity contribution in [2.24, 2.45) is 0 Å². The fourth-order valence-electron chi connectivity index (χ4n) is 1.90. The molecule has 96 valence electrons. The molecule has 3 rings (SSSR count). The third-order valence-electron chi connectivity index (χ3n) is 2.88. The molecule has 0 bridgehead atoms. The number of benzene rings is 1. The number of nitrogens with one attached hydrogen (secondary N) is 4. The third kappa shape index (κ3) is 2.28. The number of aromatic nitrogens is 3. The van der Waals surface area contributed by atoms with Gasteiger partial charge in [0.1, 0.15) is 0 Å². The van der Waals surface area contributed by atoms with E-state index in [2.05, 4.69) is 20.3 Å². The summed E-state index contributed by atoms with van der Waals surface area (Å²) in [6, 6.07) is 7.38. The van der Waals surface area contributed by atoms with Crippen molar-refractivity contribution in [3.05, 3.63) is 62.9 Å². The van der Waals surface area contributed by atoms with Crippen LogP contribution in [0, 0.1) is 0 Å². The van der Waals surface area contributed by atoms with Crippen LogP contribution in [-0.4, -0.2) is 15.0 Å². The van der Waals surface area contributed by atoms with Gasteiger partial charge in [-0.15, -0.1) is 0 Å². The van der Waals surface area contributed by atoms with E-state index in [-0.39, 0.29) is 0 Å². The van der Waals surface area contributed by atoms with Gasteiger partial charge in [-0.2, -0.15) is 0 Å². The number of rotatable bonds is 3. The van der Waals surface area contributed by atoms with Crippen molar-refractivity contribution in [2.45, 2.75) is 6.54 Å². The highest BCUT2D eigenvalue weighted by Crippen LogP contribution is 2.14. The Hall–Kier alpha value is -2.76. The van der Waals surface area contributed by atoms with Crippen LogP contribution in [0.15, 0.2) is 46.2 Å². The summed E-state index contributed by atoms with van der Waals surface area (Å²) in [5.41, 5.74) is 1.93. The topological polar surface area (TPSA) is 93.5 Å². The monoisotopic (exact) mass is 256 g/mol. The van der Waals surface area contributed by atoms with Gasteiger partial charge in [0.05, 0.1) is 11.0 Å². The maximum Gasteiger partial charge on any atom is 0.314 e. The van der Waals surface area contributed by atoms with E-state index in [1.165, 1.54) is 0 Å². The Balaban J connectivity index is 1.91. The molecule has 6 heteroatoms. The van der Waals surface area contributed by atoms with E-state index in [9.17, 15) is 9.59 Å². The molecule has 0 aliphatic rings. The van der Waals surface area contributed by atoms with E-state index in [0.29, 0.717) is 17.6 Å². The summed E-state index contributed by atoms with van der Waals surface area (Å²) in [7, 11) is 0. The number of aromatic amines is 3. The molecule has 0 spiro atoms. The maximum atomic E-state index is 11.3. The summed E-state index contributed by atoms with van der Waals surface area (Å²) < 4.78 is 0. The molecule has 0 aliphatic carbocycles. The Bertz CT molecular complexity index is 815. The number of hydrogen-bond donors (Lipinski definition) is 4. The van der Waals surface area contributed by atoms with Crippen molar-refractivity contribution >= 4 is 16.7 Å². The Morgan fingerprint density at radius 3 is 2.53 bits per heavy atom. The van der Waals surface area contributed by atoms with Crippen molar-refractivity contribution in [1.82, 2.24) is 15.0 Å². The zero-order chi connectivity index (χ0) is 13.2. The van der Waals surface area contributed by atoms with Crippen molar-refractivity contribution in [1.29, 1.82) is 0 Å². The van der Waals surface area contributed by atoms with Crippen LogP contribution < -0.4 is 16.4 Å². The second-order valence-corrected chi connectivity index (χ2v) is 4.24. The lowest BCUT2D eigenvalue weighted by atomic mass is 10.2. The minimum atomic E-state index is -0.643. The SMILES string of the molecule is O=c1[nH]c2ccc(NCc3cc[nH]c3)cc2[nH]c1=O. The number of fused-ring (bicyclic) bond motifs is 1. The van der Waals surface area contributed by atoms with Crippen LogP contribution in [0.1, 0.15) is 5.56 Å². The van der Waals surface area contributed by atoms with Crippen LogP contribution in [-0.2, 0) is 6.54 Å². The Kier molecular flexibility index (Phi) is 2.68. The second kappa shape index (κ2) is 4.49. The molecule has 3 aromatic rings. The molecule has 0 radical (unpaired) electrons. The lowest BCUT2D eigenvalue weighted by Crippen LogP contribution is -2.28. The van der Waals surface area contributed by atoms with Gasteiger partial charge in [0.2, 0.25) is 0 Å². The highest BCUT2D eigenvalue weighted by Gasteiger charge is 2.01. The van der Waals surface area contributed by atoms with Gasteiger partial charge in [-0.1, -0.05) is 0 Å². The van der Waals surface area contributed by atoms with Crippen LogP contribution in [0.5, 0.6) is 0 Å². The van der Waals surface area contributed by atoms with Gasteiger partial charge < -0.3 is 20.3 Å². The van der Waals surface area contributed by atoms with Crippen LogP contribution in [0.3, 0.4) is 0 Å². The molecular formula is C13H12N4O2. The normalized spacial score (nSPS) is 10.7. The van der Waals surface area contributed by atoms with E-state index in [4.69, 9.17) is 0 Å². The molecule has 0 saturated heterocycles. The zero-order valence-electron chi connectivity index (χ0n) is 9.99. The largest absolute Gasteiger partial charge is 0.381 e. The van der Waals surface area contributed by atoms with E-state index >= 15 is 0 Å². The molecule has 1 aromatic carbocycles. The molecule has 4 N–H and O–H groups in total. The van der Waals surface area contributed by atoms with E-state index in [0.717, 1.165) is 11.3 Å². The molecule has 6 nitrogen and oxygen atoms in total. The standard InChI is InChI=1S/C13H12N4O2/c18-12-13(19)17-11-5-9(1-2-10(11)16-12)15-7-8-3-4-14-6-8/h1-6,14-15H,7H2,(H,16,18)(H,17,19). The number of hydrogen-bond acceptors (Lipinski definition) is 3. The Morgan fingerprint density at radius 2 is 1.79 bits per heavy atom. The van der Waals surface area contributed by atoms with E-state index < -0.39 is 11.1 Å². The minimum Gasteiger partial charge on any atom is -0.381 e. The van der Waals surface area contributed by atoms with Crippen molar-refractivity contribution in [3.8, 4) is 0 Å². The van der Waals surface area contributed by atoms with Crippen molar-refractivity contribution in [3.63, 3.8) is 0 Å². The van der Waals surface area contributed by atoms with Gasteiger partial charge in [0.25, 0.3) is 0 Å².